The van der Waals surface area contributed by atoms with Gasteiger partial charge in [-0.1, -0.05) is 31.2 Å². The van der Waals surface area contributed by atoms with Gasteiger partial charge in [0.25, 0.3) is 0 Å². The Labute approximate surface area is 117 Å². The fraction of sp³-hybridized carbons (Fsp3) is 0.333. The third-order valence-corrected chi connectivity index (χ3v) is 4.10. The third kappa shape index (κ3) is 3.47. The van der Waals surface area contributed by atoms with Crippen LogP contribution in [0, 0.1) is 5.92 Å². The van der Waals surface area contributed by atoms with Crippen LogP contribution < -0.4 is 0 Å². The average Bonchev–Trinajstić information content (AvgIpc) is 2.43. The Morgan fingerprint density at radius 1 is 1.37 bits per heavy atom. The van der Waals surface area contributed by atoms with E-state index in [9.17, 15) is 9.90 Å². The summed E-state index contributed by atoms with van der Waals surface area (Å²) < 4.78 is 0. The SMILES string of the molecule is CCSCC(Cc1cccc2cccnc12)C(=O)O. The van der Waals surface area contributed by atoms with Crippen molar-refractivity contribution >= 4 is 28.6 Å². The number of pyridine rings is 1. The Balaban J connectivity index is 2.26. The highest BCUT2D eigenvalue weighted by molar-refractivity contribution is 7.99. The molecule has 0 amide bonds. The van der Waals surface area contributed by atoms with Crippen LogP contribution in [0.1, 0.15) is 12.5 Å². The summed E-state index contributed by atoms with van der Waals surface area (Å²) in [6.07, 6.45) is 2.29. The number of para-hydroxylation sites is 1. The van der Waals surface area contributed by atoms with Crippen LogP contribution in [0.4, 0.5) is 0 Å². The largest absolute Gasteiger partial charge is 0.481 e. The molecule has 1 aromatic carbocycles. The van der Waals surface area contributed by atoms with E-state index in [1.807, 2.05) is 37.3 Å². The maximum absolute atomic E-state index is 11.3. The molecule has 0 aliphatic heterocycles. The lowest BCUT2D eigenvalue weighted by atomic mass is 9.99. The van der Waals surface area contributed by atoms with E-state index < -0.39 is 5.97 Å². The standard InChI is InChI=1S/C15H17NO2S/c1-2-19-10-13(15(17)18)9-12-6-3-5-11-7-4-8-16-14(11)12/h3-8,13H,2,9-10H2,1H3,(H,17,18). The van der Waals surface area contributed by atoms with Crippen molar-refractivity contribution in [3.8, 4) is 0 Å². The van der Waals surface area contributed by atoms with Crippen LogP contribution in [0.2, 0.25) is 0 Å². The van der Waals surface area contributed by atoms with E-state index in [1.54, 1.807) is 18.0 Å². The van der Waals surface area contributed by atoms with Crippen LogP contribution in [0.3, 0.4) is 0 Å². The molecule has 2 aromatic rings. The molecule has 19 heavy (non-hydrogen) atoms. The summed E-state index contributed by atoms with van der Waals surface area (Å²) in [7, 11) is 0. The molecule has 0 saturated carbocycles. The van der Waals surface area contributed by atoms with Gasteiger partial charge in [-0.2, -0.15) is 11.8 Å². The van der Waals surface area contributed by atoms with Gasteiger partial charge in [0, 0.05) is 17.3 Å². The quantitative estimate of drug-likeness (QED) is 0.879. The summed E-state index contributed by atoms with van der Waals surface area (Å²) in [5.74, 6) is 0.513. The summed E-state index contributed by atoms with van der Waals surface area (Å²) in [6.45, 7) is 2.04. The lowest BCUT2D eigenvalue weighted by molar-refractivity contribution is -0.140. The van der Waals surface area contributed by atoms with E-state index in [2.05, 4.69) is 4.98 Å². The summed E-state index contributed by atoms with van der Waals surface area (Å²) in [6, 6.07) is 9.84. The van der Waals surface area contributed by atoms with Crippen molar-refractivity contribution in [2.75, 3.05) is 11.5 Å². The van der Waals surface area contributed by atoms with Crippen molar-refractivity contribution in [3.05, 3.63) is 42.1 Å². The number of rotatable bonds is 6. The van der Waals surface area contributed by atoms with Gasteiger partial charge < -0.3 is 5.11 Å². The van der Waals surface area contributed by atoms with Gasteiger partial charge in [0.15, 0.2) is 0 Å². The molecule has 1 aromatic heterocycles. The van der Waals surface area contributed by atoms with Crippen LogP contribution in [0.15, 0.2) is 36.5 Å². The van der Waals surface area contributed by atoms with Crippen LogP contribution in [-0.2, 0) is 11.2 Å². The number of aliphatic carboxylic acids is 1. The highest BCUT2D eigenvalue weighted by Crippen LogP contribution is 2.21. The fourth-order valence-electron chi connectivity index (χ4n) is 2.08. The maximum Gasteiger partial charge on any atom is 0.307 e. The number of carboxylic acids is 1. The highest BCUT2D eigenvalue weighted by atomic mass is 32.2. The summed E-state index contributed by atoms with van der Waals surface area (Å²) >= 11 is 1.67. The topological polar surface area (TPSA) is 50.2 Å². The monoisotopic (exact) mass is 275 g/mol. The molecule has 0 spiro atoms. The van der Waals surface area contributed by atoms with E-state index in [0.717, 1.165) is 22.2 Å². The smallest absolute Gasteiger partial charge is 0.307 e. The Kier molecular flexibility index (Phi) is 4.80. The Bertz CT molecular complexity index is 566. The molecule has 1 atom stereocenters. The average molecular weight is 275 g/mol. The van der Waals surface area contributed by atoms with Gasteiger partial charge in [-0.05, 0) is 23.8 Å². The molecule has 0 aliphatic carbocycles. The first-order valence-electron chi connectivity index (χ1n) is 6.35. The molecule has 3 nitrogen and oxygen atoms in total. The number of hydrogen-bond donors (Lipinski definition) is 1. The van der Waals surface area contributed by atoms with Gasteiger partial charge in [-0.25, -0.2) is 0 Å². The van der Waals surface area contributed by atoms with Crippen LogP contribution in [0.25, 0.3) is 10.9 Å². The third-order valence-electron chi connectivity index (χ3n) is 3.05. The zero-order chi connectivity index (χ0) is 13.7. The molecule has 2 rings (SSSR count). The normalized spacial score (nSPS) is 12.5. The Morgan fingerprint density at radius 2 is 2.16 bits per heavy atom. The van der Waals surface area contributed by atoms with Crippen molar-refractivity contribution in [1.29, 1.82) is 0 Å². The first-order chi connectivity index (χ1) is 9.22. The van der Waals surface area contributed by atoms with E-state index in [4.69, 9.17) is 0 Å². The van der Waals surface area contributed by atoms with E-state index in [-0.39, 0.29) is 5.92 Å². The Morgan fingerprint density at radius 3 is 2.89 bits per heavy atom. The van der Waals surface area contributed by atoms with Gasteiger partial charge in [-0.15, -0.1) is 0 Å². The molecule has 0 bridgehead atoms. The summed E-state index contributed by atoms with van der Waals surface area (Å²) in [4.78, 5) is 15.7. The number of thioether (sulfide) groups is 1. The van der Waals surface area contributed by atoms with Crippen LogP contribution in [0.5, 0.6) is 0 Å². The van der Waals surface area contributed by atoms with Gasteiger partial charge in [0.2, 0.25) is 0 Å². The van der Waals surface area contributed by atoms with Crippen molar-refractivity contribution in [1.82, 2.24) is 4.98 Å². The highest BCUT2D eigenvalue weighted by Gasteiger charge is 2.19. The van der Waals surface area contributed by atoms with Crippen molar-refractivity contribution in [3.63, 3.8) is 0 Å². The zero-order valence-corrected chi connectivity index (χ0v) is 11.7. The molecular formula is C15H17NO2S. The van der Waals surface area contributed by atoms with E-state index in [0.29, 0.717) is 12.2 Å². The minimum absolute atomic E-state index is 0.349. The van der Waals surface area contributed by atoms with Crippen molar-refractivity contribution in [2.45, 2.75) is 13.3 Å². The number of fused-ring (bicyclic) bond motifs is 1. The van der Waals surface area contributed by atoms with Gasteiger partial charge in [-0.3, -0.25) is 9.78 Å². The molecule has 4 heteroatoms. The van der Waals surface area contributed by atoms with E-state index >= 15 is 0 Å². The second kappa shape index (κ2) is 6.57. The first-order valence-corrected chi connectivity index (χ1v) is 7.51. The first kappa shape index (κ1) is 13.9. The number of aromatic nitrogens is 1. The maximum atomic E-state index is 11.3. The van der Waals surface area contributed by atoms with Gasteiger partial charge in [0.05, 0.1) is 11.4 Å². The predicted molar refractivity (Wildman–Crippen MR) is 79.6 cm³/mol. The molecule has 0 aliphatic rings. The molecule has 1 unspecified atom stereocenters. The number of carboxylic acid groups (broad SMARTS) is 1. The summed E-state index contributed by atoms with van der Waals surface area (Å²) in [5, 5.41) is 10.4. The molecule has 0 saturated heterocycles. The fourth-order valence-corrected chi connectivity index (χ4v) is 2.86. The lowest BCUT2D eigenvalue weighted by Gasteiger charge is -2.12. The van der Waals surface area contributed by atoms with E-state index in [1.165, 1.54) is 0 Å². The number of nitrogens with zero attached hydrogens (tertiary/aromatic N) is 1. The summed E-state index contributed by atoms with van der Waals surface area (Å²) in [5.41, 5.74) is 1.93. The number of benzene rings is 1. The number of hydrogen-bond acceptors (Lipinski definition) is 3. The van der Waals surface area contributed by atoms with Gasteiger partial charge >= 0.3 is 5.97 Å². The molecule has 100 valence electrons. The minimum Gasteiger partial charge on any atom is -0.481 e. The molecular weight excluding hydrogens is 258 g/mol. The van der Waals surface area contributed by atoms with Crippen molar-refractivity contribution in [2.24, 2.45) is 5.92 Å². The lowest BCUT2D eigenvalue weighted by Crippen LogP contribution is -2.19. The second-order valence-corrected chi connectivity index (χ2v) is 5.71. The van der Waals surface area contributed by atoms with Gasteiger partial charge in [0.1, 0.15) is 0 Å². The molecule has 1 N–H and O–H groups in total. The molecule has 1 heterocycles. The number of carbonyl (C=O) groups is 1. The molecule has 0 fully saturated rings. The second-order valence-electron chi connectivity index (χ2n) is 4.39. The molecule has 0 radical (unpaired) electrons. The predicted octanol–water partition coefficient (Wildman–Crippen LogP) is 3.23. The van der Waals surface area contributed by atoms with Crippen molar-refractivity contribution < 1.29 is 9.90 Å². The Hall–Kier alpha value is -1.55. The van der Waals surface area contributed by atoms with Crippen LogP contribution >= 0.6 is 11.8 Å². The minimum atomic E-state index is -0.728. The zero-order valence-electron chi connectivity index (χ0n) is 10.9. The van der Waals surface area contributed by atoms with Crippen LogP contribution in [-0.4, -0.2) is 27.6 Å².